The summed E-state index contributed by atoms with van der Waals surface area (Å²) in [5.74, 6) is 0.132. The van der Waals surface area contributed by atoms with E-state index in [0.29, 0.717) is 25.2 Å². The lowest BCUT2D eigenvalue weighted by molar-refractivity contribution is -0.140. The zero-order chi connectivity index (χ0) is 13.4. The van der Waals surface area contributed by atoms with Crippen molar-refractivity contribution in [3.05, 3.63) is 0 Å². The number of methoxy groups -OCH3 is 1. The number of ketones is 1. The van der Waals surface area contributed by atoms with Crippen molar-refractivity contribution in [2.24, 2.45) is 0 Å². The third-order valence-electron chi connectivity index (χ3n) is 3.72. The van der Waals surface area contributed by atoms with Crippen molar-refractivity contribution in [3.63, 3.8) is 0 Å². The number of ether oxygens (including phenoxy) is 1. The Balaban J connectivity index is 2.40. The van der Waals surface area contributed by atoms with Gasteiger partial charge in [-0.25, -0.2) is 0 Å². The topological polar surface area (TPSA) is 55.4 Å². The van der Waals surface area contributed by atoms with Gasteiger partial charge in [0.1, 0.15) is 5.78 Å². The van der Waals surface area contributed by atoms with E-state index in [9.17, 15) is 9.59 Å². The van der Waals surface area contributed by atoms with Crippen LogP contribution in [0.1, 0.15) is 58.3 Å². The summed E-state index contributed by atoms with van der Waals surface area (Å²) in [5.41, 5.74) is -0.0553. The molecule has 18 heavy (non-hydrogen) atoms. The molecule has 0 aromatic carbocycles. The van der Waals surface area contributed by atoms with Gasteiger partial charge >= 0.3 is 5.97 Å². The van der Waals surface area contributed by atoms with Crippen LogP contribution in [0.3, 0.4) is 0 Å². The van der Waals surface area contributed by atoms with E-state index >= 15 is 0 Å². The third-order valence-corrected chi connectivity index (χ3v) is 3.72. The van der Waals surface area contributed by atoms with Crippen molar-refractivity contribution in [3.8, 4) is 0 Å². The fraction of sp³-hybridized carbons (Fsp3) is 0.857. The lowest BCUT2D eigenvalue weighted by atomic mass is 9.85. The smallest absolute Gasteiger partial charge is 0.305 e. The van der Waals surface area contributed by atoms with Crippen LogP contribution in [0, 0.1) is 0 Å². The Labute approximate surface area is 109 Å². The number of Topliss-reactive ketones (excluding diaryl/α,β-unsaturated/α-hetero) is 1. The molecule has 0 amide bonds. The predicted molar refractivity (Wildman–Crippen MR) is 70.4 cm³/mol. The van der Waals surface area contributed by atoms with Gasteiger partial charge in [0.05, 0.1) is 13.7 Å². The zero-order valence-corrected chi connectivity index (χ0v) is 11.6. The van der Waals surface area contributed by atoms with Crippen LogP contribution in [0.2, 0.25) is 0 Å². The molecule has 1 atom stereocenters. The van der Waals surface area contributed by atoms with Gasteiger partial charge in [-0.05, 0) is 19.3 Å². The Morgan fingerprint density at radius 2 is 2.06 bits per heavy atom. The van der Waals surface area contributed by atoms with E-state index in [4.69, 9.17) is 0 Å². The van der Waals surface area contributed by atoms with Crippen molar-refractivity contribution >= 4 is 11.8 Å². The highest BCUT2D eigenvalue weighted by atomic mass is 16.5. The highest BCUT2D eigenvalue weighted by molar-refractivity contribution is 5.84. The maximum Gasteiger partial charge on any atom is 0.305 e. The van der Waals surface area contributed by atoms with E-state index in [1.165, 1.54) is 20.0 Å². The second-order valence-electron chi connectivity index (χ2n) is 5.24. The minimum Gasteiger partial charge on any atom is -0.469 e. The van der Waals surface area contributed by atoms with Crippen LogP contribution >= 0.6 is 0 Å². The fourth-order valence-electron chi connectivity index (χ4n) is 2.65. The van der Waals surface area contributed by atoms with Crippen LogP contribution in [-0.4, -0.2) is 30.9 Å². The number of rotatable bonds is 8. The molecular weight excluding hydrogens is 230 g/mol. The van der Waals surface area contributed by atoms with Crippen LogP contribution in [0.15, 0.2) is 0 Å². The molecule has 1 aliphatic heterocycles. The number of hydrogen-bond donors (Lipinski definition) is 1. The maximum atomic E-state index is 11.5. The van der Waals surface area contributed by atoms with Crippen LogP contribution in [-0.2, 0) is 14.3 Å². The lowest BCUT2D eigenvalue weighted by Crippen LogP contribution is -2.39. The number of carbonyl (C=O) groups excluding carboxylic acids is 2. The Morgan fingerprint density at radius 1 is 1.33 bits per heavy atom. The van der Waals surface area contributed by atoms with Gasteiger partial charge in [-0.1, -0.05) is 26.2 Å². The first-order valence-corrected chi connectivity index (χ1v) is 6.95. The molecule has 0 aromatic rings. The molecule has 0 aliphatic carbocycles. The molecule has 1 heterocycles. The molecule has 1 N–H and O–H groups in total. The fourth-order valence-corrected chi connectivity index (χ4v) is 2.65. The second-order valence-corrected chi connectivity index (χ2v) is 5.24. The molecule has 0 aromatic heterocycles. The van der Waals surface area contributed by atoms with Crippen LogP contribution in [0.25, 0.3) is 0 Å². The Morgan fingerprint density at radius 3 is 2.61 bits per heavy atom. The van der Waals surface area contributed by atoms with Gasteiger partial charge in [0.2, 0.25) is 0 Å². The molecule has 1 saturated heterocycles. The molecule has 0 unspecified atom stereocenters. The van der Waals surface area contributed by atoms with Crippen LogP contribution < -0.4 is 5.32 Å². The highest BCUT2D eigenvalue weighted by Gasteiger charge is 2.36. The van der Waals surface area contributed by atoms with Gasteiger partial charge < -0.3 is 10.1 Å². The number of unbranched alkanes of at least 4 members (excludes halogenated alkanes) is 2. The number of hydrogen-bond acceptors (Lipinski definition) is 4. The zero-order valence-electron chi connectivity index (χ0n) is 11.6. The third kappa shape index (κ3) is 4.77. The van der Waals surface area contributed by atoms with Crippen molar-refractivity contribution in [1.29, 1.82) is 0 Å². The second kappa shape index (κ2) is 7.52. The van der Waals surface area contributed by atoms with E-state index in [0.717, 1.165) is 25.7 Å². The quantitative estimate of drug-likeness (QED) is 0.533. The van der Waals surface area contributed by atoms with Crippen molar-refractivity contribution in [1.82, 2.24) is 5.32 Å². The summed E-state index contributed by atoms with van der Waals surface area (Å²) in [6.07, 6.45) is 7.32. The molecule has 1 aliphatic rings. The Bertz CT molecular complexity index is 291. The standard InChI is InChI=1S/C14H25NO3/c1-3-4-5-8-14(10-12(16)11-15-14)9-6-7-13(17)18-2/h15H,3-11H2,1-2H3/t14-/m1/s1. The molecular formula is C14H25NO3. The van der Waals surface area contributed by atoms with E-state index in [2.05, 4.69) is 17.0 Å². The molecule has 0 bridgehead atoms. The summed E-state index contributed by atoms with van der Waals surface area (Å²) in [6, 6.07) is 0. The van der Waals surface area contributed by atoms with Crippen molar-refractivity contribution in [2.45, 2.75) is 63.8 Å². The lowest BCUT2D eigenvalue weighted by Gasteiger charge is -2.28. The summed E-state index contributed by atoms with van der Waals surface area (Å²) in [6.45, 7) is 2.67. The van der Waals surface area contributed by atoms with E-state index < -0.39 is 0 Å². The van der Waals surface area contributed by atoms with E-state index in [1.54, 1.807) is 0 Å². The average Bonchev–Trinajstić information content (AvgIpc) is 2.71. The molecule has 104 valence electrons. The summed E-state index contributed by atoms with van der Waals surface area (Å²) in [5, 5.41) is 3.37. The molecule has 0 saturated carbocycles. The first-order chi connectivity index (χ1) is 8.62. The summed E-state index contributed by atoms with van der Waals surface area (Å²) in [7, 11) is 1.41. The van der Waals surface area contributed by atoms with Gasteiger partial charge in [-0.2, -0.15) is 0 Å². The highest BCUT2D eigenvalue weighted by Crippen LogP contribution is 2.29. The summed E-state index contributed by atoms with van der Waals surface area (Å²) < 4.78 is 4.64. The Hall–Kier alpha value is -0.900. The number of carbonyl (C=O) groups is 2. The SMILES string of the molecule is CCCCC[C@@]1(CCCC(=O)OC)CC(=O)CN1. The predicted octanol–water partition coefficient (Wildman–Crippen LogP) is 2.21. The van der Waals surface area contributed by atoms with E-state index in [1.807, 2.05) is 0 Å². The maximum absolute atomic E-state index is 11.5. The van der Waals surface area contributed by atoms with Gasteiger partial charge in [0.25, 0.3) is 0 Å². The first-order valence-electron chi connectivity index (χ1n) is 6.95. The van der Waals surface area contributed by atoms with Crippen molar-refractivity contribution in [2.75, 3.05) is 13.7 Å². The summed E-state index contributed by atoms with van der Waals surface area (Å²) in [4.78, 5) is 22.6. The van der Waals surface area contributed by atoms with Crippen molar-refractivity contribution < 1.29 is 14.3 Å². The monoisotopic (exact) mass is 255 g/mol. The summed E-state index contributed by atoms with van der Waals surface area (Å²) >= 11 is 0. The van der Waals surface area contributed by atoms with Gasteiger partial charge in [0.15, 0.2) is 0 Å². The minimum atomic E-state index is -0.164. The first kappa shape index (κ1) is 15.2. The normalized spacial score (nSPS) is 23.3. The number of nitrogens with one attached hydrogen (secondary N) is 1. The Kier molecular flexibility index (Phi) is 6.33. The van der Waals surface area contributed by atoms with Crippen LogP contribution in [0.4, 0.5) is 0 Å². The largest absolute Gasteiger partial charge is 0.469 e. The average molecular weight is 255 g/mol. The van der Waals surface area contributed by atoms with Crippen LogP contribution in [0.5, 0.6) is 0 Å². The minimum absolute atomic E-state index is 0.0553. The molecule has 4 nitrogen and oxygen atoms in total. The molecule has 0 radical (unpaired) electrons. The molecule has 4 heteroatoms. The molecule has 1 fully saturated rings. The van der Waals surface area contributed by atoms with E-state index in [-0.39, 0.29) is 11.5 Å². The molecule has 0 spiro atoms. The number of esters is 1. The molecule has 1 rings (SSSR count). The van der Waals surface area contributed by atoms with Gasteiger partial charge in [-0.3, -0.25) is 9.59 Å². The van der Waals surface area contributed by atoms with Gasteiger partial charge in [-0.15, -0.1) is 0 Å². The van der Waals surface area contributed by atoms with Gasteiger partial charge in [0, 0.05) is 18.4 Å².